The number of amides is 1. The third-order valence-corrected chi connectivity index (χ3v) is 3.34. The van der Waals surface area contributed by atoms with E-state index in [0.717, 1.165) is 5.56 Å². The zero-order valence-corrected chi connectivity index (χ0v) is 9.78. The molecule has 0 saturated heterocycles. The van der Waals surface area contributed by atoms with Crippen LogP contribution in [0.5, 0.6) is 0 Å². The molecule has 4 nitrogen and oxygen atoms in total. The van der Waals surface area contributed by atoms with Gasteiger partial charge in [-0.2, -0.15) is 5.10 Å². The smallest absolute Gasteiger partial charge is 0.222 e. The Hall–Kier alpha value is -1.32. The fraction of sp³-hybridized carbons (Fsp3) is 0.667. The van der Waals surface area contributed by atoms with Crippen molar-refractivity contribution in [3.05, 3.63) is 18.0 Å². The van der Waals surface area contributed by atoms with Crippen LogP contribution in [-0.2, 0) is 11.3 Å². The Balaban J connectivity index is 1.79. The fourth-order valence-electron chi connectivity index (χ4n) is 2.34. The summed E-state index contributed by atoms with van der Waals surface area (Å²) >= 11 is 0. The van der Waals surface area contributed by atoms with Crippen LogP contribution in [0.3, 0.4) is 0 Å². The van der Waals surface area contributed by atoms with Gasteiger partial charge in [0.15, 0.2) is 0 Å². The average molecular weight is 221 g/mol. The molecule has 4 heteroatoms. The van der Waals surface area contributed by atoms with Gasteiger partial charge in [0.05, 0.1) is 6.20 Å². The zero-order valence-electron chi connectivity index (χ0n) is 9.78. The number of hydrogen-bond donors (Lipinski definition) is 1. The number of carbonyl (C=O) groups is 1. The lowest BCUT2D eigenvalue weighted by atomic mass is 10.0. The predicted molar refractivity (Wildman–Crippen MR) is 61.6 cm³/mol. The van der Waals surface area contributed by atoms with Gasteiger partial charge in [-0.3, -0.25) is 9.89 Å². The van der Waals surface area contributed by atoms with Gasteiger partial charge in [0, 0.05) is 31.8 Å². The normalized spacial score (nSPS) is 16.6. The molecule has 0 atom stereocenters. The Labute approximate surface area is 96.0 Å². The Morgan fingerprint density at radius 2 is 2.31 bits per heavy atom. The Morgan fingerprint density at radius 3 is 2.94 bits per heavy atom. The van der Waals surface area contributed by atoms with E-state index in [4.69, 9.17) is 0 Å². The van der Waals surface area contributed by atoms with E-state index < -0.39 is 0 Å². The summed E-state index contributed by atoms with van der Waals surface area (Å²) in [6.45, 7) is 0.655. The summed E-state index contributed by atoms with van der Waals surface area (Å²) < 4.78 is 0. The van der Waals surface area contributed by atoms with Crippen molar-refractivity contribution in [1.29, 1.82) is 0 Å². The lowest BCUT2D eigenvalue weighted by Crippen LogP contribution is -2.27. The summed E-state index contributed by atoms with van der Waals surface area (Å²) in [5.74, 6) is 0.882. The van der Waals surface area contributed by atoms with E-state index in [1.54, 1.807) is 11.1 Å². The van der Waals surface area contributed by atoms with Crippen LogP contribution in [-0.4, -0.2) is 28.1 Å². The number of nitrogens with zero attached hydrogens (tertiary/aromatic N) is 2. The first-order chi connectivity index (χ1) is 7.75. The van der Waals surface area contributed by atoms with E-state index >= 15 is 0 Å². The van der Waals surface area contributed by atoms with Crippen molar-refractivity contribution in [3.63, 3.8) is 0 Å². The molecule has 1 fully saturated rings. The van der Waals surface area contributed by atoms with Crippen LogP contribution in [0.2, 0.25) is 0 Å². The molecule has 0 spiro atoms. The van der Waals surface area contributed by atoms with Crippen molar-refractivity contribution in [3.8, 4) is 0 Å². The van der Waals surface area contributed by atoms with Gasteiger partial charge in [0.2, 0.25) is 5.91 Å². The molecule has 0 aliphatic heterocycles. The van der Waals surface area contributed by atoms with Crippen molar-refractivity contribution >= 4 is 5.91 Å². The van der Waals surface area contributed by atoms with Gasteiger partial charge in [-0.05, 0) is 18.8 Å². The molecule has 0 radical (unpaired) electrons. The monoisotopic (exact) mass is 221 g/mol. The van der Waals surface area contributed by atoms with E-state index in [1.807, 2.05) is 13.2 Å². The number of aromatic nitrogens is 2. The Kier molecular flexibility index (Phi) is 3.59. The van der Waals surface area contributed by atoms with Crippen LogP contribution in [0.25, 0.3) is 0 Å². The number of carbonyl (C=O) groups excluding carboxylic acids is 1. The SMILES string of the molecule is CN(Cc1cn[nH]c1)C(=O)CC1CCCC1. The van der Waals surface area contributed by atoms with Crippen LogP contribution < -0.4 is 0 Å². The highest BCUT2D eigenvalue weighted by molar-refractivity contribution is 5.76. The number of nitrogens with one attached hydrogen (secondary N) is 1. The lowest BCUT2D eigenvalue weighted by molar-refractivity contribution is -0.131. The van der Waals surface area contributed by atoms with E-state index in [-0.39, 0.29) is 5.91 Å². The van der Waals surface area contributed by atoms with Crippen molar-refractivity contribution in [2.75, 3.05) is 7.05 Å². The van der Waals surface area contributed by atoms with Gasteiger partial charge in [0.1, 0.15) is 0 Å². The molecule has 1 aromatic heterocycles. The van der Waals surface area contributed by atoms with Crippen LogP contribution >= 0.6 is 0 Å². The summed E-state index contributed by atoms with van der Waals surface area (Å²) in [7, 11) is 1.87. The summed E-state index contributed by atoms with van der Waals surface area (Å²) in [6, 6.07) is 0. The summed E-state index contributed by atoms with van der Waals surface area (Å²) in [5.41, 5.74) is 1.06. The second-order valence-corrected chi connectivity index (χ2v) is 4.71. The Morgan fingerprint density at radius 1 is 1.56 bits per heavy atom. The van der Waals surface area contributed by atoms with Gasteiger partial charge in [-0.15, -0.1) is 0 Å². The van der Waals surface area contributed by atoms with Crippen LogP contribution in [0.1, 0.15) is 37.7 Å². The molecular weight excluding hydrogens is 202 g/mol. The third kappa shape index (κ3) is 2.84. The topological polar surface area (TPSA) is 49.0 Å². The van der Waals surface area contributed by atoms with E-state index in [0.29, 0.717) is 18.9 Å². The van der Waals surface area contributed by atoms with Crippen molar-refractivity contribution in [2.24, 2.45) is 5.92 Å². The molecule has 88 valence electrons. The van der Waals surface area contributed by atoms with Gasteiger partial charge in [-0.25, -0.2) is 0 Å². The van der Waals surface area contributed by atoms with Crippen LogP contribution in [0.4, 0.5) is 0 Å². The molecule has 1 aromatic rings. The maximum atomic E-state index is 11.9. The van der Waals surface area contributed by atoms with Gasteiger partial charge < -0.3 is 4.90 Å². The van der Waals surface area contributed by atoms with Crippen molar-refractivity contribution in [1.82, 2.24) is 15.1 Å². The fourth-order valence-corrected chi connectivity index (χ4v) is 2.34. The molecule has 1 N–H and O–H groups in total. The molecule has 0 unspecified atom stereocenters. The highest BCUT2D eigenvalue weighted by atomic mass is 16.2. The first-order valence-electron chi connectivity index (χ1n) is 5.97. The number of H-pyrrole nitrogens is 1. The molecule has 1 aliphatic rings. The average Bonchev–Trinajstić information content (AvgIpc) is 2.90. The van der Waals surface area contributed by atoms with E-state index in [1.165, 1.54) is 25.7 Å². The molecule has 0 aromatic carbocycles. The second kappa shape index (κ2) is 5.14. The Bertz CT molecular complexity index is 328. The standard InChI is InChI=1S/C12H19N3O/c1-15(9-11-7-13-14-8-11)12(16)6-10-4-2-3-5-10/h7-8,10H,2-6,9H2,1H3,(H,13,14). The largest absolute Gasteiger partial charge is 0.341 e. The lowest BCUT2D eigenvalue weighted by Gasteiger charge is -2.18. The highest BCUT2D eigenvalue weighted by Gasteiger charge is 2.20. The van der Waals surface area contributed by atoms with Gasteiger partial charge in [0.25, 0.3) is 0 Å². The molecule has 1 heterocycles. The first kappa shape index (κ1) is 11.2. The van der Waals surface area contributed by atoms with Crippen molar-refractivity contribution in [2.45, 2.75) is 38.6 Å². The molecular formula is C12H19N3O. The predicted octanol–water partition coefficient (Wildman–Crippen LogP) is 1.95. The number of rotatable bonds is 4. The number of aromatic amines is 1. The van der Waals surface area contributed by atoms with Gasteiger partial charge in [-0.1, -0.05) is 12.8 Å². The van der Waals surface area contributed by atoms with Crippen LogP contribution in [0, 0.1) is 5.92 Å². The first-order valence-corrected chi connectivity index (χ1v) is 5.97. The van der Waals surface area contributed by atoms with Crippen molar-refractivity contribution < 1.29 is 4.79 Å². The maximum Gasteiger partial charge on any atom is 0.222 e. The summed E-state index contributed by atoms with van der Waals surface area (Å²) in [6.07, 6.45) is 9.36. The van der Waals surface area contributed by atoms with Gasteiger partial charge >= 0.3 is 0 Å². The highest BCUT2D eigenvalue weighted by Crippen LogP contribution is 2.27. The second-order valence-electron chi connectivity index (χ2n) is 4.71. The minimum atomic E-state index is 0.258. The molecule has 1 amide bonds. The molecule has 1 saturated carbocycles. The van der Waals surface area contributed by atoms with Crippen LogP contribution in [0.15, 0.2) is 12.4 Å². The minimum absolute atomic E-state index is 0.258. The quantitative estimate of drug-likeness (QED) is 0.844. The molecule has 0 bridgehead atoms. The molecule has 1 aliphatic carbocycles. The van der Waals surface area contributed by atoms with E-state index in [2.05, 4.69) is 10.2 Å². The maximum absolute atomic E-state index is 11.9. The minimum Gasteiger partial charge on any atom is -0.341 e. The molecule has 16 heavy (non-hydrogen) atoms. The van der Waals surface area contributed by atoms with E-state index in [9.17, 15) is 4.79 Å². The summed E-state index contributed by atoms with van der Waals surface area (Å²) in [4.78, 5) is 13.7. The third-order valence-electron chi connectivity index (χ3n) is 3.34. The number of hydrogen-bond acceptors (Lipinski definition) is 2. The zero-order chi connectivity index (χ0) is 11.4. The summed E-state index contributed by atoms with van der Waals surface area (Å²) in [5, 5.41) is 6.63. The molecule has 2 rings (SSSR count).